The molecule has 1 aromatic carbocycles. The van der Waals surface area contributed by atoms with Crippen molar-refractivity contribution < 1.29 is 4.39 Å². The lowest BCUT2D eigenvalue weighted by atomic mass is 9.69. The van der Waals surface area contributed by atoms with E-state index in [0.29, 0.717) is 6.54 Å². The van der Waals surface area contributed by atoms with Gasteiger partial charge in [-0.25, -0.2) is 4.39 Å². The summed E-state index contributed by atoms with van der Waals surface area (Å²) in [6.45, 7) is 0.552. The first-order valence-corrected chi connectivity index (χ1v) is 6.22. The standard InChI is InChI=1S/C13H17ClFN/c14-12-10(5-4-6-11(12)15)13(9-16)7-2-1-3-8-13/h4-6H,1-3,7-9,16H2. The Hall–Kier alpha value is -0.600. The molecule has 1 fully saturated rings. The van der Waals surface area contributed by atoms with E-state index in [1.807, 2.05) is 6.07 Å². The molecule has 0 aliphatic heterocycles. The quantitative estimate of drug-likeness (QED) is 0.841. The van der Waals surface area contributed by atoms with Crippen molar-refractivity contribution in [1.29, 1.82) is 0 Å². The van der Waals surface area contributed by atoms with E-state index < -0.39 is 0 Å². The van der Waals surface area contributed by atoms with Crippen molar-refractivity contribution in [2.45, 2.75) is 37.5 Å². The molecule has 0 spiro atoms. The summed E-state index contributed by atoms with van der Waals surface area (Å²) in [6, 6.07) is 5.05. The number of hydrogen-bond donors (Lipinski definition) is 1. The Morgan fingerprint density at radius 3 is 2.56 bits per heavy atom. The maximum Gasteiger partial charge on any atom is 0.142 e. The summed E-state index contributed by atoms with van der Waals surface area (Å²) in [4.78, 5) is 0. The summed E-state index contributed by atoms with van der Waals surface area (Å²) in [5, 5.41) is 0.259. The number of nitrogens with two attached hydrogens (primary N) is 1. The Kier molecular flexibility index (Phi) is 3.50. The van der Waals surface area contributed by atoms with Crippen molar-refractivity contribution in [1.82, 2.24) is 0 Å². The fourth-order valence-electron chi connectivity index (χ4n) is 2.73. The van der Waals surface area contributed by atoms with Crippen LogP contribution in [0.1, 0.15) is 37.7 Å². The first-order chi connectivity index (χ1) is 7.69. The van der Waals surface area contributed by atoms with Gasteiger partial charge >= 0.3 is 0 Å². The first-order valence-electron chi connectivity index (χ1n) is 5.84. The van der Waals surface area contributed by atoms with Gasteiger partial charge in [0.15, 0.2) is 0 Å². The normalized spacial score (nSPS) is 19.7. The molecule has 16 heavy (non-hydrogen) atoms. The largest absolute Gasteiger partial charge is 0.330 e. The molecular formula is C13H17ClFN. The Morgan fingerprint density at radius 2 is 1.94 bits per heavy atom. The van der Waals surface area contributed by atoms with Crippen LogP contribution in [0, 0.1) is 5.82 Å². The fraction of sp³-hybridized carbons (Fsp3) is 0.538. The van der Waals surface area contributed by atoms with Gasteiger partial charge in [0.05, 0.1) is 5.02 Å². The van der Waals surface area contributed by atoms with Gasteiger partial charge in [-0.3, -0.25) is 0 Å². The van der Waals surface area contributed by atoms with Gasteiger partial charge in [0.1, 0.15) is 5.82 Å². The van der Waals surface area contributed by atoms with E-state index in [4.69, 9.17) is 17.3 Å². The van der Waals surface area contributed by atoms with Crippen LogP contribution in [0.5, 0.6) is 0 Å². The van der Waals surface area contributed by atoms with Crippen molar-refractivity contribution in [2.75, 3.05) is 6.54 Å². The van der Waals surface area contributed by atoms with Crippen molar-refractivity contribution in [3.63, 3.8) is 0 Å². The summed E-state index contributed by atoms with van der Waals surface area (Å²) in [7, 11) is 0. The number of halogens is 2. The number of hydrogen-bond acceptors (Lipinski definition) is 1. The van der Waals surface area contributed by atoms with E-state index in [2.05, 4.69) is 0 Å². The molecule has 2 N–H and O–H groups in total. The molecule has 1 nitrogen and oxygen atoms in total. The summed E-state index contributed by atoms with van der Waals surface area (Å²) in [6.07, 6.45) is 5.60. The predicted octanol–water partition coefficient (Wildman–Crippen LogP) is 3.64. The van der Waals surface area contributed by atoms with Crippen LogP contribution >= 0.6 is 11.6 Å². The predicted molar refractivity (Wildman–Crippen MR) is 65.2 cm³/mol. The lowest BCUT2D eigenvalue weighted by molar-refractivity contribution is 0.300. The highest BCUT2D eigenvalue weighted by Gasteiger charge is 2.34. The van der Waals surface area contributed by atoms with Crippen molar-refractivity contribution in [3.05, 3.63) is 34.6 Å². The Morgan fingerprint density at radius 1 is 1.25 bits per heavy atom. The zero-order valence-electron chi connectivity index (χ0n) is 9.31. The third-order valence-corrected chi connectivity index (χ3v) is 4.11. The highest BCUT2D eigenvalue weighted by atomic mass is 35.5. The molecule has 0 radical (unpaired) electrons. The summed E-state index contributed by atoms with van der Waals surface area (Å²) < 4.78 is 13.5. The molecule has 88 valence electrons. The van der Waals surface area contributed by atoms with Gasteiger partial charge in [-0.1, -0.05) is 43.0 Å². The lowest BCUT2D eigenvalue weighted by Gasteiger charge is -2.37. The molecular weight excluding hydrogens is 225 g/mol. The Labute approximate surface area is 101 Å². The summed E-state index contributed by atoms with van der Waals surface area (Å²) in [5.74, 6) is -0.336. The zero-order chi connectivity index (χ0) is 11.6. The highest BCUT2D eigenvalue weighted by Crippen LogP contribution is 2.42. The third kappa shape index (κ3) is 1.96. The Balaban J connectivity index is 2.43. The SMILES string of the molecule is NCC1(c2cccc(F)c2Cl)CCCCC1. The van der Waals surface area contributed by atoms with Crippen LogP contribution in [0.15, 0.2) is 18.2 Å². The molecule has 1 aliphatic rings. The van der Waals surface area contributed by atoms with E-state index in [0.717, 1.165) is 31.2 Å². The van der Waals surface area contributed by atoms with Crippen molar-refractivity contribution >= 4 is 11.6 Å². The molecule has 0 saturated heterocycles. The van der Waals surface area contributed by atoms with Gasteiger partial charge in [-0.15, -0.1) is 0 Å². The van der Waals surface area contributed by atoms with E-state index in [9.17, 15) is 4.39 Å². The van der Waals surface area contributed by atoms with Gasteiger partial charge < -0.3 is 5.73 Å². The van der Waals surface area contributed by atoms with Crippen molar-refractivity contribution in [2.24, 2.45) is 5.73 Å². The van der Waals surface area contributed by atoms with Gasteiger partial charge in [0.25, 0.3) is 0 Å². The van der Waals surface area contributed by atoms with E-state index >= 15 is 0 Å². The third-order valence-electron chi connectivity index (χ3n) is 3.72. The van der Waals surface area contributed by atoms with E-state index in [1.165, 1.54) is 12.5 Å². The average Bonchev–Trinajstić information content (AvgIpc) is 2.33. The van der Waals surface area contributed by atoms with Gasteiger partial charge in [-0.2, -0.15) is 0 Å². The molecule has 2 rings (SSSR count). The molecule has 3 heteroatoms. The molecule has 0 heterocycles. The molecule has 0 unspecified atom stereocenters. The second kappa shape index (κ2) is 4.72. The van der Waals surface area contributed by atoms with Crippen LogP contribution in [0.2, 0.25) is 5.02 Å². The lowest BCUT2D eigenvalue weighted by Crippen LogP contribution is -2.37. The Bertz CT molecular complexity index is 372. The summed E-state index contributed by atoms with van der Waals surface area (Å²) >= 11 is 6.06. The number of rotatable bonds is 2. The van der Waals surface area contributed by atoms with E-state index in [1.54, 1.807) is 6.07 Å². The fourth-order valence-corrected chi connectivity index (χ4v) is 3.05. The molecule has 0 amide bonds. The van der Waals surface area contributed by atoms with Crippen LogP contribution in [0.3, 0.4) is 0 Å². The van der Waals surface area contributed by atoms with Gasteiger partial charge in [-0.05, 0) is 24.5 Å². The molecule has 0 aromatic heterocycles. The topological polar surface area (TPSA) is 26.0 Å². The minimum atomic E-state index is -0.336. The van der Waals surface area contributed by atoms with Crippen LogP contribution in [0.4, 0.5) is 4.39 Å². The second-order valence-electron chi connectivity index (χ2n) is 4.65. The molecule has 1 aliphatic carbocycles. The highest BCUT2D eigenvalue weighted by molar-refractivity contribution is 6.31. The minimum absolute atomic E-state index is 0.0998. The van der Waals surface area contributed by atoms with E-state index in [-0.39, 0.29) is 16.3 Å². The van der Waals surface area contributed by atoms with Crippen LogP contribution in [-0.2, 0) is 5.41 Å². The molecule has 1 aromatic rings. The zero-order valence-corrected chi connectivity index (χ0v) is 10.1. The smallest absolute Gasteiger partial charge is 0.142 e. The molecule has 0 atom stereocenters. The average molecular weight is 242 g/mol. The van der Waals surface area contributed by atoms with Crippen LogP contribution in [0.25, 0.3) is 0 Å². The maximum absolute atomic E-state index is 13.5. The number of benzene rings is 1. The van der Waals surface area contributed by atoms with Crippen molar-refractivity contribution in [3.8, 4) is 0 Å². The van der Waals surface area contributed by atoms with Gasteiger partial charge in [0.2, 0.25) is 0 Å². The van der Waals surface area contributed by atoms with Crippen LogP contribution in [-0.4, -0.2) is 6.54 Å². The summed E-state index contributed by atoms with van der Waals surface area (Å²) in [5.41, 5.74) is 6.71. The first kappa shape index (κ1) is 11.9. The minimum Gasteiger partial charge on any atom is -0.330 e. The molecule has 1 saturated carbocycles. The maximum atomic E-state index is 13.5. The monoisotopic (exact) mass is 241 g/mol. The molecule has 0 bridgehead atoms. The van der Waals surface area contributed by atoms with Crippen LogP contribution < -0.4 is 5.73 Å². The second-order valence-corrected chi connectivity index (χ2v) is 5.02. The van der Waals surface area contributed by atoms with Gasteiger partial charge in [0, 0.05) is 12.0 Å².